The summed E-state index contributed by atoms with van der Waals surface area (Å²) in [4.78, 5) is 21.0. The minimum atomic E-state index is -0.0899. The maximum absolute atomic E-state index is 12.1. The van der Waals surface area contributed by atoms with E-state index in [0.29, 0.717) is 16.7 Å². The monoisotopic (exact) mass is 305 g/mol. The molecule has 0 aliphatic carbocycles. The molecule has 0 amide bonds. The lowest BCUT2D eigenvalue weighted by Gasteiger charge is -2.05. The van der Waals surface area contributed by atoms with Gasteiger partial charge in [-0.1, -0.05) is 0 Å². The van der Waals surface area contributed by atoms with Crippen molar-refractivity contribution in [2.75, 3.05) is 0 Å². The van der Waals surface area contributed by atoms with Crippen molar-refractivity contribution in [3.8, 4) is 11.4 Å². The number of aromatic nitrogens is 5. The molecule has 23 heavy (non-hydrogen) atoms. The molecule has 0 bridgehead atoms. The average Bonchev–Trinajstić information content (AvgIpc) is 2.92. The van der Waals surface area contributed by atoms with E-state index in [9.17, 15) is 4.79 Å². The average molecular weight is 305 g/mol. The third-order valence-electron chi connectivity index (χ3n) is 4.00. The topological polar surface area (TPSA) is 65.6 Å². The minimum absolute atomic E-state index is 0.0899. The molecule has 0 aliphatic rings. The van der Waals surface area contributed by atoms with Gasteiger partial charge in [0.15, 0.2) is 5.82 Å². The van der Waals surface area contributed by atoms with E-state index in [0.717, 1.165) is 22.0 Å². The Morgan fingerprint density at radius 2 is 2.00 bits per heavy atom. The van der Waals surface area contributed by atoms with E-state index >= 15 is 0 Å². The van der Waals surface area contributed by atoms with E-state index in [4.69, 9.17) is 0 Å². The Hall–Kier alpha value is -3.02. The van der Waals surface area contributed by atoms with Crippen LogP contribution in [0.2, 0.25) is 0 Å². The number of benzene rings is 1. The second-order valence-corrected chi connectivity index (χ2v) is 5.76. The smallest absolute Gasteiger partial charge is 0.261 e. The van der Waals surface area contributed by atoms with Crippen LogP contribution in [-0.2, 0) is 14.1 Å². The molecule has 1 aromatic carbocycles. The highest BCUT2D eigenvalue weighted by Crippen LogP contribution is 2.25. The molecule has 3 heterocycles. The third-order valence-corrected chi connectivity index (χ3v) is 4.00. The number of fused-ring (bicyclic) bond motifs is 2. The lowest BCUT2D eigenvalue weighted by Crippen LogP contribution is -2.16. The Bertz CT molecular complexity index is 1120. The second kappa shape index (κ2) is 4.74. The number of nitrogens with zero attached hydrogens (tertiary/aromatic N) is 5. The van der Waals surface area contributed by atoms with E-state index in [1.807, 2.05) is 38.4 Å². The molecule has 0 N–H and O–H groups in total. The fourth-order valence-corrected chi connectivity index (χ4v) is 2.82. The molecule has 0 spiro atoms. The van der Waals surface area contributed by atoms with Crippen LogP contribution in [0.1, 0.15) is 5.56 Å². The highest BCUT2D eigenvalue weighted by molar-refractivity contribution is 5.87. The van der Waals surface area contributed by atoms with Crippen LogP contribution in [0.15, 0.2) is 41.6 Å². The van der Waals surface area contributed by atoms with E-state index in [-0.39, 0.29) is 5.56 Å². The molecule has 0 unspecified atom stereocenters. The van der Waals surface area contributed by atoms with Crippen LogP contribution in [0.4, 0.5) is 0 Å². The lowest BCUT2D eigenvalue weighted by atomic mass is 10.1. The van der Waals surface area contributed by atoms with Gasteiger partial charge < -0.3 is 4.57 Å². The van der Waals surface area contributed by atoms with Crippen LogP contribution >= 0.6 is 0 Å². The van der Waals surface area contributed by atoms with Crippen molar-refractivity contribution < 1.29 is 0 Å². The SMILES string of the molecule is Cc1cc(-c2ncc3c(=O)n(C)ccc3n2)cc2cn(C)nc12. The number of rotatable bonds is 1. The Kier molecular flexibility index (Phi) is 2.81. The van der Waals surface area contributed by atoms with Gasteiger partial charge in [0.05, 0.1) is 16.4 Å². The van der Waals surface area contributed by atoms with Crippen LogP contribution in [0, 0.1) is 6.92 Å². The first-order valence-corrected chi connectivity index (χ1v) is 7.30. The maximum Gasteiger partial charge on any atom is 0.261 e. The molecule has 0 saturated carbocycles. The Morgan fingerprint density at radius 1 is 1.17 bits per heavy atom. The molecule has 114 valence electrons. The summed E-state index contributed by atoms with van der Waals surface area (Å²) in [6.45, 7) is 2.02. The summed E-state index contributed by atoms with van der Waals surface area (Å²) in [6.07, 6.45) is 5.29. The normalized spacial score (nSPS) is 11.4. The molecule has 0 atom stereocenters. The van der Waals surface area contributed by atoms with Crippen molar-refractivity contribution in [2.45, 2.75) is 6.92 Å². The van der Waals surface area contributed by atoms with E-state index in [1.165, 1.54) is 4.57 Å². The summed E-state index contributed by atoms with van der Waals surface area (Å²) in [7, 11) is 3.62. The minimum Gasteiger partial charge on any atom is -0.318 e. The van der Waals surface area contributed by atoms with E-state index in [2.05, 4.69) is 15.1 Å². The molecule has 4 rings (SSSR count). The standard InChI is InChI=1S/C17H15N5O/c1-10-6-11(7-12-9-22(3)20-15(10)12)16-18-8-13-14(19-16)4-5-21(2)17(13)23/h4-9H,1-3H3. The predicted molar refractivity (Wildman–Crippen MR) is 89.2 cm³/mol. The van der Waals surface area contributed by atoms with Crippen LogP contribution < -0.4 is 5.56 Å². The van der Waals surface area contributed by atoms with Gasteiger partial charge in [-0.25, -0.2) is 9.97 Å². The van der Waals surface area contributed by atoms with Crippen LogP contribution in [0.25, 0.3) is 33.2 Å². The summed E-state index contributed by atoms with van der Waals surface area (Å²) in [6, 6.07) is 5.88. The highest BCUT2D eigenvalue weighted by atomic mass is 16.1. The van der Waals surface area contributed by atoms with Crippen LogP contribution in [0.3, 0.4) is 0 Å². The molecular weight excluding hydrogens is 290 g/mol. The van der Waals surface area contributed by atoms with Gasteiger partial charge >= 0.3 is 0 Å². The van der Waals surface area contributed by atoms with Crippen molar-refractivity contribution in [1.82, 2.24) is 24.3 Å². The van der Waals surface area contributed by atoms with Crippen molar-refractivity contribution in [3.63, 3.8) is 0 Å². The zero-order valence-electron chi connectivity index (χ0n) is 13.1. The van der Waals surface area contributed by atoms with Crippen molar-refractivity contribution >= 4 is 21.8 Å². The quantitative estimate of drug-likeness (QED) is 0.541. The molecule has 0 saturated heterocycles. The zero-order valence-corrected chi connectivity index (χ0v) is 13.1. The van der Waals surface area contributed by atoms with Crippen LogP contribution in [0.5, 0.6) is 0 Å². The summed E-state index contributed by atoms with van der Waals surface area (Å²) in [5.41, 5.74) is 3.54. The summed E-state index contributed by atoms with van der Waals surface area (Å²) >= 11 is 0. The largest absolute Gasteiger partial charge is 0.318 e. The number of hydrogen-bond donors (Lipinski definition) is 0. The molecule has 0 radical (unpaired) electrons. The highest BCUT2D eigenvalue weighted by Gasteiger charge is 2.10. The number of aryl methyl sites for hydroxylation is 3. The zero-order chi connectivity index (χ0) is 16.1. The van der Waals surface area contributed by atoms with Gasteiger partial charge in [-0.15, -0.1) is 0 Å². The van der Waals surface area contributed by atoms with Gasteiger partial charge in [-0.05, 0) is 30.7 Å². The predicted octanol–water partition coefficient (Wildman–Crippen LogP) is 2.19. The fourth-order valence-electron chi connectivity index (χ4n) is 2.82. The lowest BCUT2D eigenvalue weighted by molar-refractivity contribution is 0.779. The first kappa shape index (κ1) is 13.6. The summed E-state index contributed by atoms with van der Waals surface area (Å²) in [5, 5.41) is 6.03. The molecule has 6 nitrogen and oxygen atoms in total. The Labute approximate surface area is 132 Å². The summed E-state index contributed by atoms with van der Waals surface area (Å²) in [5.74, 6) is 0.611. The molecule has 4 aromatic rings. The van der Waals surface area contributed by atoms with Gasteiger partial charge in [0.1, 0.15) is 0 Å². The Morgan fingerprint density at radius 3 is 2.83 bits per heavy atom. The van der Waals surface area contributed by atoms with Crippen molar-refractivity contribution in [2.24, 2.45) is 14.1 Å². The molecule has 6 heteroatoms. The van der Waals surface area contributed by atoms with Gasteiger partial charge in [0.25, 0.3) is 5.56 Å². The molecule has 0 aliphatic heterocycles. The molecule has 0 fully saturated rings. The molecular formula is C17H15N5O. The van der Waals surface area contributed by atoms with Crippen molar-refractivity contribution in [1.29, 1.82) is 0 Å². The van der Waals surface area contributed by atoms with Gasteiger partial charge in [-0.2, -0.15) is 5.10 Å². The second-order valence-electron chi connectivity index (χ2n) is 5.76. The first-order chi connectivity index (χ1) is 11.0. The summed E-state index contributed by atoms with van der Waals surface area (Å²) < 4.78 is 3.32. The van der Waals surface area contributed by atoms with E-state index in [1.54, 1.807) is 24.1 Å². The Balaban J connectivity index is 1.95. The first-order valence-electron chi connectivity index (χ1n) is 7.30. The third kappa shape index (κ3) is 2.11. The fraction of sp³-hybridized carbons (Fsp3) is 0.176. The number of pyridine rings is 1. The number of hydrogen-bond acceptors (Lipinski definition) is 4. The van der Waals surface area contributed by atoms with Crippen LogP contribution in [-0.4, -0.2) is 24.3 Å². The van der Waals surface area contributed by atoms with Gasteiger partial charge in [-0.3, -0.25) is 9.48 Å². The van der Waals surface area contributed by atoms with Gasteiger partial charge in [0.2, 0.25) is 0 Å². The van der Waals surface area contributed by atoms with Gasteiger partial charge in [0, 0.05) is 43.6 Å². The molecule has 3 aromatic heterocycles. The van der Waals surface area contributed by atoms with Crippen molar-refractivity contribution in [3.05, 3.63) is 52.7 Å². The van der Waals surface area contributed by atoms with E-state index < -0.39 is 0 Å². The maximum atomic E-state index is 12.1.